The number of rotatable bonds is 4. The summed E-state index contributed by atoms with van der Waals surface area (Å²) < 4.78 is 5.81. The topological polar surface area (TPSA) is 26.3 Å². The molecular formula is C21H18O2. The summed E-state index contributed by atoms with van der Waals surface area (Å²) in [5.41, 5.74) is 0.559. The zero-order valence-corrected chi connectivity index (χ0v) is 13.0. The van der Waals surface area contributed by atoms with Crippen molar-refractivity contribution < 1.29 is 9.53 Å². The molecule has 0 aliphatic heterocycles. The first-order chi connectivity index (χ1) is 11.1. The highest BCUT2D eigenvalue weighted by molar-refractivity contribution is 5.91. The van der Waals surface area contributed by atoms with Crippen molar-refractivity contribution in [1.29, 1.82) is 0 Å². The molecule has 3 aromatic carbocycles. The Labute approximate surface area is 136 Å². The number of hydrogen-bond acceptors (Lipinski definition) is 2. The van der Waals surface area contributed by atoms with Crippen LogP contribution in [0.3, 0.4) is 0 Å². The lowest BCUT2D eigenvalue weighted by Crippen LogP contribution is -2.27. The summed E-state index contributed by atoms with van der Waals surface area (Å²) in [6.07, 6.45) is 1.68. The molecule has 0 N–H and O–H groups in total. The molecule has 0 bridgehead atoms. The van der Waals surface area contributed by atoms with E-state index in [2.05, 4.69) is 6.58 Å². The van der Waals surface area contributed by atoms with Crippen molar-refractivity contribution in [3.8, 4) is 0 Å². The number of esters is 1. The number of benzene rings is 3. The smallest absolute Gasteiger partial charge is 0.339 e. The SMILES string of the molecule is C=C[C@](C)(OC(=O)c1ccccc1)c1cccc2ccccc12. The summed E-state index contributed by atoms with van der Waals surface area (Å²) in [5, 5.41) is 2.16. The van der Waals surface area contributed by atoms with Crippen LogP contribution in [0.15, 0.2) is 85.5 Å². The molecule has 0 aliphatic carbocycles. The first-order valence-electron chi connectivity index (χ1n) is 7.54. The Balaban J connectivity index is 2.03. The van der Waals surface area contributed by atoms with Crippen molar-refractivity contribution >= 4 is 16.7 Å². The molecule has 1 atom stereocenters. The van der Waals surface area contributed by atoms with Crippen LogP contribution in [0.1, 0.15) is 22.8 Å². The average molecular weight is 302 g/mol. The van der Waals surface area contributed by atoms with Crippen LogP contribution in [-0.4, -0.2) is 5.97 Å². The normalized spacial score (nSPS) is 13.3. The Morgan fingerprint density at radius 1 is 0.957 bits per heavy atom. The molecule has 0 aromatic heterocycles. The van der Waals surface area contributed by atoms with E-state index in [1.54, 1.807) is 18.2 Å². The maximum absolute atomic E-state index is 12.5. The first kappa shape index (κ1) is 15.0. The van der Waals surface area contributed by atoms with Gasteiger partial charge >= 0.3 is 5.97 Å². The fourth-order valence-corrected chi connectivity index (χ4v) is 2.69. The van der Waals surface area contributed by atoms with Gasteiger partial charge in [-0.2, -0.15) is 0 Å². The van der Waals surface area contributed by atoms with Gasteiger partial charge in [0, 0.05) is 5.56 Å². The van der Waals surface area contributed by atoms with Gasteiger partial charge in [-0.1, -0.05) is 67.2 Å². The lowest BCUT2D eigenvalue weighted by molar-refractivity contribution is 0.00986. The van der Waals surface area contributed by atoms with Gasteiger partial charge in [0.1, 0.15) is 0 Å². The van der Waals surface area contributed by atoms with Crippen LogP contribution in [0.2, 0.25) is 0 Å². The van der Waals surface area contributed by atoms with Crippen LogP contribution in [0.25, 0.3) is 10.8 Å². The van der Waals surface area contributed by atoms with Crippen molar-refractivity contribution in [3.05, 3.63) is 96.6 Å². The van der Waals surface area contributed by atoms with Gasteiger partial charge in [-0.05, 0) is 35.9 Å². The molecule has 0 saturated heterocycles. The van der Waals surface area contributed by atoms with E-state index in [0.29, 0.717) is 5.56 Å². The molecule has 0 heterocycles. The number of carbonyl (C=O) groups excluding carboxylic acids is 1. The molecule has 0 unspecified atom stereocenters. The number of carbonyl (C=O) groups is 1. The Bertz CT molecular complexity index is 847. The minimum atomic E-state index is -0.895. The molecule has 0 spiro atoms. The highest BCUT2D eigenvalue weighted by Gasteiger charge is 2.29. The number of ether oxygens (including phenoxy) is 1. The maximum atomic E-state index is 12.5. The molecule has 2 nitrogen and oxygen atoms in total. The van der Waals surface area contributed by atoms with Crippen LogP contribution in [0, 0.1) is 0 Å². The van der Waals surface area contributed by atoms with Gasteiger partial charge < -0.3 is 4.74 Å². The molecule has 0 aliphatic rings. The number of fused-ring (bicyclic) bond motifs is 1. The van der Waals surface area contributed by atoms with Crippen LogP contribution >= 0.6 is 0 Å². The molecule has 0 saturated carbocycles. The third-order valence-electron chi connectivity index (χ3n) is 4.03. The van der Waals surface area contributed by atoms with E-state index in [1.807, 2.05) is 67.6 Å². The minimum absolute atomic E-state index is 0.360. The van der Waals surface area contributed by atoms with Crippen LogP contribution in [0.4, 0.5) is 0 Å². The summed E-state index contributed by atoms with van der Waals surface area (Å²) in [7, 11) is 0. The van der Waals surface area contributed by atoms with Crippen LogP contribution < -0.4 is 0 Å². The monoisotopic (exact) mass is 302 g/mol. The summed E-state index contributed by atoms with van der Waals surface area (Å²) in [5.74, 6) is -0.360. The third kappa shape index (κ3) is 2.88. The van der Waals surface area contributed by atoms with E-state index < -0.39 is 5.60 Å². The van der Waals surface area contributed by atoms with Gasteiger partial charge in [0.25, 0.3) is 0 Å². The fraction of sp³-hybridized carbons (Fsp3) is 0.0952. The van der Waals surface area contributed by atoms with E-state index in [9.17, 15) is 4.79 Å². The standard InChI is InChI=1S/C21H18O2/c1-3-21(2,23-20(22)17-11-5-4-6-12-17)19-15-9-13-16-10-7-8-14-18(16)19/h3-15H,1H2,2H3/t21-/m0/s1. The van der Waals surface area contributed by atoms with Crippen molar-refractivity contribution in [2.75, 3.05) is 0 Å². The van der Waals surface area contributed by atoms with E-state index in [1.165, 1.54) is 0 Å². The molecule has 114 valence electrons. The van der Waals surface area contributed by atoms with Crippen molar-refractivity contribution in [3.63, 3.8) is 0 Å². The fourth-order valence-electron chi connectivity index (χ4n) is 2.69. The maximum Gasteiger partial charge on any atom is 0.339 e. The van der Waals surface area contributed by atoms with Gasteiger partial charge in [-0.25, -0.2) is 4.79 Å². The van der Waals surface area contributed by atoms with Crippen molar-refractivity contribution in [1.82, 2.24) is 0 Å². The van der Waals surface area contributed by atoms with Gasteiger partial charge in [0.2, 0.25) is 0 Å². The largest absolute Gasteiger partial charge is 0.447 e. The Morgan fingerprint density at radius 3 is 2.35 bits per heavy atom. The predicted octanol–water partition coefficient (Wildman–Crippen LogP) is 5.10. The average Bonchev–Trinajstić information content (AvgIpc) is 2.61. The Hall–Kier alpha value is -2.87. The van der Waals surface area contributed by atoms with Crippen molar-refractivity contribution in [2.45, 2.75) is 12.5 Å². The third-order valence-corrected chi connectivity index (χ3v) is 4.03. The highest BCUT2D eigenvalue weighted by atomic mass is 16.6. The van der Waals surface area contributed by atoms with Crippen LogP contribution in [0.5, 0.6) is 0 Å². The lowest BCUT2D eigenvalue weighted by atomic mass is 9.90. The summed E-state index contributed by atoms with van der Waals surface area (Å²) in [6, 6.07) is 23.0. The zero-order valence-electron chi connectivity index (χ0n) is 13.0. The van der Waals surface area contributed by atoms with Gasteiger partial charge in [0.05, 0.1) is 5.56 Å². The molecular weight excluding hydrogens is 284 g/mol. The van der Waals surface area contributed by atoms with Crippen molar-refractivity contribution in [2.24, 2.45) is 0 Å². The second kappa shape index (κ2) is 6.09. The summed E-state index contributed by atoms with van der Waals surface area (Å²) in [6.45, 7) is 5.75. The van der Waals surface area contributed by atoms with E-state index in [4.69, 9.17) is 4.74 Å². The second-order valence-electron chi connectivity index (χ2n) is 5.59. The second-order valence-corrected chi connectivity index (χ2v) is 5.59. The van der Waals surface area contributed by atoms with Gasteiger partial charge in [-0.15, -0.1) is 0 Å². The molecule has 0 amide bonds. The van der Waals surface area contributed by atoms with Gasteiger partial charge in [-0.3, -0.25) is 0 Å². The van der Waals surface area contributed by atoms with E-state index in [-0.39, 0.29) is 5.97 Å². The molecule has 0 radical (unpaired) electrons. The molecule has 0 fully saturated rings. The quantitative estimate of drug-likeness (QED) is 0.495. The van der Waals surface area contributed by atoms with Gasteiger partial charge in [0.15, 0.2) is 5.60 Å². The first-order valence-corrected chi connectivity index (χ1v) is 7.54. The predicted molar refractivity (Wildman–Crippen MR) is 93.4 cm³/mol. The molecule has 3 rings (SSSR count). The molecule has 2 heteroatoms. The molecule has 3 aromatic rings. The zero-order chi connectivity index (χ0) is 16.3. The molecule has 23 heavy (non-hydrogen) atoms. The highest BCUT2D eigenvalue weighted by Crippen LogP contribution is 2.33. The number of hydrogen-bond donors (Lipinski definition) is 0. The van der Waals surface area contributed by atoms with Crippen LogP contribution in [-0.2, 0) is 10.3 Å². The minimum Gasteiger partial charge on any atom is -0.447 e. The Kier molecular flexibility index (Phi) is 3.98. The lowest BCUT2D eigenvalue weighted by Gasteiger charge is -2.28. The summed E-state index contributed by atoms with van der Waals surface area (Å²) in [4.78, 5) is 12.5. The van der Waals surface area contributed by atoms with E-state index >= 15 is 0 Å². The summed E-state index contributed by atoms with van der Waals surface area (Å²) >= 11 is 0. The van der Waals surface area contributed by atoms with E-state index in [0.717, 1.165) is 16.3 Å². The Morgan fingerprint density at radius 2 is 1.61 bits per heavy atom.